The van der Waals surface area contributed by atoms with Crippen LogP contribution in [0.1, 0.15) is 20.3 Å². The monoisotopic (exact) mass is 332 g/mol. The minimum Gasteiger partial charge on any atom is -0.480 e. The normalized spacial score (nSPS) is 16.4. The van der Waals surface area contributed by atoms with Crippen LogP contribution in [0.5, 0.6) is 0 Å². The van der Waals surface area contributed by atoms with E-state index in [1.54, 1.807) is 4.90 Å². The summed E-state index contributed by atoms with van der Waals surface area (Å²) in [6, 6.07) is -0.872. The lowest BCUT2D eigenvalue weighted by Gasteiger charge is -2.26. The van der Waals surface area contributed by atoms with Gasteiger partial charge in [-0.25, -0.2) is 4.79 Å². The summed E-state index contributed by atoms with van der Waals surface area (Å²) in [5.74, 6) is -0.924. The summed E-state index contributed by atoms with van der Waals surface area (Å²) in [5, 5.41) is 11.6. The van der Waals surface area contributed by atoms with Crippen LogP contribution in [-0.4, -0.2) is 71.6 Å². The van der Waals surface area contributed by atoms with Crippen LogP contribution >= 0.6 is 11.8 Å². The number of carboxylic acids is 1. The van der Waals surface area contributed by atoms with Gasteiger partial charge in [0.25, 0.3) is 0 Å². The van der Waals surface area contributed by atoms with Gasteiger partial charge in [0.2, 0.25) is 11.8 Å². The van der Waals surface area contributed by atoms with Crippen LogP contribution in [0.3, 0.4) is 0 Å². The Bertz CT molecular complexity index is 397. The standard InChI is InChI=1S/C14H24N2O5S/c1-10(2)7-11(14(19)20)15-12(17)8-22-9-13(18)16-3-5-21-6-4-16/h10-11H,3-9H2,1-2H3,(H,15,17)(H,19,20)/t11-/m1/s1. The van der Waals surface area contributed by atoms with Crippen LogP contribution in [0.2, 0.25) is 0 Å². The molecule has 1 aliphatic heterocycles. The molecule has 0 saturated carbocycles. The third kappa shape index (κ3) is 7.13. The Balaban J connectivity index is 2.26. The molecule has 126 valence electrons. The van der Waals surface area contributed by atoms with Crippen molar-refractivity contribution in [2.24, 2.45) is 5.92 Å². The summed E-state index contributed by atoms with van der Waals surface area (Å²) in [6.07, 6.45) is 0.387. The van der Waals surface area contributed by atoms with Crippen molar-refractivity contribution in [1.29, 1.82) is 0 Å². The van der Waals surface area contributed by atoms with Gasteiger partial charge < -0.3 is 20.1 Å². The van der Waals surface area contributed by atoms with Gasteiger partial charge in [-0.1, -0.05) is 13.8 Å². The van der Waals surface area contributed by atoms with E-state index in [1.807, 2.05) is 13.8 Å². The fourth-order valence-corrected chi connectivity index (χ4v) is 2.79. The number of carbonyl (C=O) groups excluding carboxylic acids is 2. The van der Waals surface area contributed by atoms with Crippen molar-refractivity contribution >= 4 is 29.5 Å². The van der Waals surface area contributed by atoms with E-state index >= 15 is 0 Å². The first kappa shape index (κ1) is 18.8. The molecule has 8 heteroatoms. The average molecular weight is 332 g/mol. The van der Waals surface area contributed by atoms with Crippen molar-refractivity contribution < 1.29 is 24.2 Å². The molecule has 0 spiro atoms. The molecular weight excluding hydrogens is 308 g/mol. The zero-order chi connectivity index (χ0) is 16.5. The van der Waals surface area contributed by atoms with Gasteiger partial charge in [-0.05, 0) is 12.3 Å². The van der Waals surface area contributed by atoms with E-state index in [2.05, 4.69) is 5.32 Å². The molecule has 7 nitrogen and oxygen atoms in total. The number of ether oxygens (including phenoxy) is 1. The van der Waals surface area contributed by atoms with E-state index in [9.17, 15) is 14.4 Å². The van der Waals surface area contributed by atoms with E-state index in [-0.39, 0.29) is 29.2 Å². The number of rotatable bonds is 8. The van der Waals surface area contributed by atoms with Gasteiger partial charge in [-0.2, -0.15) is 0 Å². The number of nitrogens with zero attached hydrogens (tertiary/aromatic N) is 1. The summed E-state index contributed by atoms with van der Waals surface area (Å²) < 4.78 is 5.17. The zero-order valence-corrected chi connectivity index (χ0v) is 13.9. The Labute approximate surface area is 134 Å². The topological polar surface area (TPSA) is 95.9 Å². The number of amides is 2. The van der Waals surface area contributed by atoms with Crippen molar-refractivity contribution in [1.82, 2.24) is 10.2 Å². The average Bonchev–Trinajstić information content (AvgIpc) is 2.46. The van der Waals surface area contributed by atoms with Crippen molar-refractivity contribution in [3.63, 3.8) is 0 Å². The number of carbonyl (C=O) groups is 3. The Kier molecular flexibility index (Phi) is 8.26. The number of nitrogens with one attached hydrogen (secondary N) is 1. The molecule has 0 aliphatic carbocycles. The van der Waals surface area contributed by atoms with Crippen molar-refractivity contribution in [3.8, 4) is 0 Å². The van der Waals surface area contributed by atoms with Crippen LogP contribution < -0.4 is 5.32 Å². The predicted octanol–water partition coefficient (Wildman–Crippen LogP) is 0.194. The molecule has 0 radical (unpaired) electrons. The molecule has 22 heavy (non-hydrogen) atoms. The number of thioether (sulfide) groups is 1. The Morgan fingerprint density at radius 3 is 2.41 bits per heavy atom. The molecule has 2 N–H and O–H groups in total. The maximum absolute atomic E-state index is 11.9. The lowest BCUT2D eigenvalue weighted by molar-refractivity contribution is -0.142. The summed E-state index contributed by atoms with van der Waals surface area (Å²) >= 11 is 1.20. The SMILES string of the molecule is CC(C)C[C@@H](NC(=O)CSCC(=O)N1CCOCC1)C(=O)O. The molecule has 1 rings (SSSR count). The molecule has 0 bridgehead atoms. The largest absolute Gasteiger partial charge is 0.480 e. The van der Waals surface area contributed by atoms with Gasteiger partial charge in [0.15, 0.2) is 0 Å². The van der Waals surface area contributed by atoms with Gasteiger partial charge in [0.1, 0.15) is 6.04 Å². The first-order chi connectivity index (χ1) is 10.4. The van der Waals surface area contributed by atoms with Gasteiger partial charge >= 0.3 is 5.97 Å². The summed E-state index contributed by atoms with van der Waals surface area (Å²) in [7, 11) is 0. The predicted molar refractivity (Wildman–Crippen MR) is 83.7 cm³/mol. The molecule has 1 fully saturated rings. The highest BCUT2D eigenvalue weighted by atomic mass is 32.2. The number of hydrogen-bond donors (Lipinski definition) is 2. The van der Waals surface area contributed by atoms with Crippen molar-refractivity contribution in [2.45, 2.75) is 26.3 Å². The Morgan fingerprint density at radius 1 is 1.23 bits per heavy atom. The van der Waals surface area contributed by atoms with Crippen LogP contribution in [0.25, 0.3) is 0 Å². The molecule has 0 aromatic heterocycles. The molecule has 0 aromatic rings. The van der Waals surface area contributed by atoms with Gasteiger partial charge in [-0.15, -0.1) is 11.8 Å². The van der Waals surface area contributed by atoms with Crippen molar-refractivity contribution in [2.75, 3.05) is 37.8 Å². The molecule has 1 heterocycles. The van der Waals surface area contributed by atoms with Crippen molar-refractivity contribution in [3.05, 3.63) is 0 Å². The fraction of sp³-hybridized carbons (Fsp3) is 0.786. The third-order valence-electron chi connectivity index (χ3n) is 3.16. The first-order valence-corrected chi connectivity index (χ1v) is 8.51. The summed E-state index contributed by atoms with van der Waals surface area (Å²) in [5.41, 5.74) is 0. The molecular formula is C14H24N2O5S. The number of carboxylic acid groups (broad SMARTS) is 1. The van der Waals surface area contributed by atoms with Crippen LogP contribution in [0.4, 0.5) is 0 Å². The second-order valence-corrected chi connectivity index (χ2v) is 6.56. The highest BCUT2D eigenvalue weighted by molar-refractivity contribution is 8.00. The number of aliphatic carboxylic acids is 1. The van der Waals surface area contributed by atoms with Gasteiger partial charge in [0, 0.05) is 13.1 Å². The number of hydrogen-bond acceptors (Lipinski definition) is 5. The number of morpholine rings is 1. The van der Waals surface area contributed by atoms with E-state index in [4.69, 9.17) is 9.84 Å². The second-order valence-electron chi connectivity index (χ2n) is 5.57. The summed E-state index contributed by atoms with van der Waals surface area (Å²) in [4.78, 5) is 36.4. The third-order valence-corrected chi connectivity index (χ3v) is 4.08. The van der Waals surface area contributed by atoms with E-state index in [1.165, 1.54) is 11.8 Å². The molecule has 0 aromatic carbocycles. The molecule has 1 saturated heterocycles. The van der Waals surface area contributed by atoms with Gasteiger partial charge in [0.05, 0.1) is 24.7 Å². The van der Waals surface area contributed by atoms with E-state index in [0.717, 1.165) is 0 Å². The smallest absolute Gasteiger partial charge is 0.326 e. The van der Waals surface area contributed by atoms with Gasteiger partial charge in [-0.3, -0.25) is 9.59 Å². The highest BCUT2D eigenvalue weighted by Crippen LogP contribution is 2.07. The fourth-order valence-electron chi connectivity index (χ4n) is 2.06. The minimum atomic E-state index is -1.03. The van der Waals surface area contributed by atoms with Crippen LogP contribution in [-0.2, 0) is 19.1 Å². The first-order valence-electron chi connectivity index (χ1n) is 7.35. The van der Waals surface area contributed by atoms with E-state index in [0.29, 0.717) is 32.7 Å². The maximum atomic E-state index is 11.9. The maximum Gasteiger partial charge on any atom is 0.326 e. The molecule has 0 unspecified atom stereocenters. The lowest BCUT2D eigenvalue weighted by atomic mass is 10.0. The summed E-state index contributed by atoms with van der Waals surface area (Å²) in [6.45, 7) is 6.07. The molecule has 2 amide bonds. The van der Waals surface area contributed by atoms with Crippen LogP contribution in [0.15, 0.2) is 0 Å². The molecule has 1 aliphatic rings. The highest BCUT2D eigenvalue weighted by Gasteiger charge is 2.21. The zero-order valence-electron chi connectivity index (χ0n) is 13.0. The Hall–Kier alpha value is -1.28. The Morgan fingerprint density at radius 2 is 1.86 bits per heavy atom. The minimum absolute atomic E-state index is 0.0157. The van der Waals surface area contributed by atoms with E-state index < -0.39 is 12.0 Å². The second kappa shape index (κ2) is 9.68. The molecule has 1 atom stereocenters. The van der Waals surface area contributed by atoms with Crippen LogP contribution in [0, 0.1) is 5.92 Å². The lowest BCUT2D eigenvalue weighted by Crippen LogP contribution is -2.43. The quantitative estimate of drug-likeness (QED) is 0.659.